The molecule has 0 unspecified atom stereocenters. The maximum Gasteiger partial charge on any atom is 0.147 e. The lowest BCUT2D eigenvalue weighted by Gasteiger charge is -2.05. The van der Waals surface area contributed by atoms with Gasteiger partial charge in [0.05, 0.1) is 12.5 Å². The molecule has 0 saturated heterocycles. The van der Waals surface area contributed by atoms with Crippen LogP contribution in [0.15, 0.2) is 24.7 Å². The van der Waals surface area contributed by atoms with E-state index < -0.39 is 0 Å². The summed E-state index contributed by atoms with van der Waals surface area (Å²) in [6, 6.07) is 0. The third-order valence-corrected chi connectivity index (χ3v) is 0.857. The van der Waals surface area contributed by atoms with E-state index in [1.165, 1.54) is 0 Å². The Kier molecular flexibility index (Phi) is 1.70. The van der Waals surface area contributed by atoms with Crippen LogP contribution in [-0.4, -0.2) is 7.11 Å². The minimum Gasteiger partial charge on any atom is -0.473 e. The molecule has 2 heteroatoms. The van der Waals surface area contributed by atoms with Crippen molar-refractivity contribution in [3.05, 3.63) is 30.8 Å². The first kappa shape index (κ1) is 5.38. The Bertz CT molecular complexity index is 104. The van der Waals surface area contributed by atoms with E-state index in [4.69, 9.17) is 9.47 Å². The Labute approximate surface area is 48.4 Å². The summed E-state index contributed by atoms with van der Waals surface area (Å²) < 4.78 is 9.59. The highest BCUT2D eigenvalue weighted by molar-refractivity contribution is 5.16. The van der Waals surface area contributed by atoms with E-state index in [1.54, 1.807) is 31.8 Å². The molecule has 1 aliphatic rings. The molecule has 0 aliphatic carbocycles. The van der Waals surface area contributed by atoms with Gasteiger partial charge in [0.15, 0.2) is 0 Å². The second-order valence-electron chi connectivity index (χ2n) is 1.35. The third-order valence-electron chi connectivity index (χ3n) is 0.857. The van der Waals surface area contributed by atoms with E-state index in [0.29, 0.717) is 0 Å². The van der Waals surface area contributed by atoms with Gasteiger partial charge < -0.3 is 9.47 Å². The van der Waals surface area contributed by atoms with Crippen molar-refractivity contribution in [2.24, 2.45) is 0 Å². The highest BCUT2D eigenvalue weighted by Gasteiger charge is 1.99. The largest absolute Gasteiger partial charge is 0.473 e. The molecule has 0 aromatic heterocycles. The van der Waals surface area contributed by atoms with Gasteiger partial charge in [-0.15, -0.1) is 0 Å². The molecule has 0 amide bonds. The Morgan fingerprint density at radius 3 is 2.38 bits per heavy atom. The van der Waals surface area contributed by atoms with Gasteiger partial charge in [-0.05, 0) is 12.2 Å². The van der Waals surface area contributed by atoms with E-state index in [2.05, 4.69) is 0 Å². The predicted octanol–water partition coefficient (Wildman–Crippen LogP) is 1.22. The highest BCUT2D eigenvalue weighted by Crippen LogP contribution is 2.08. The van der Waals surface area contributed by atoms with Crippen LogP contribution in [0.4, 0.5) is 0 Å². The average Bonchev–Trinajstić information content (AvgIpc) is 1.90. The summed E-state index contributed by atoms with van der Waals surface area (Å²) in [6.45, 7) is 0. The fourth-order valence-electron chi connectivity index (χ4n) is 0.450. The Hall–Kier alpha value is -0.760. The third kappa shape index (κ3) is 1.10. The molecule has 0 bridgehead atoms. The number of methoxy groups -OCH3 is 1. The van der Waals surface area contributed by atoms with E-state index in [0.717, 1.165) is 6.10 Å². The summed E-state index contributed by atoms with van der Waals surface area (Å²) in [5.41, 5.74) is 0. The van der Waals surface area contributed by atoms with Gasteiger partial charge in [0.2, 0.25) is 0 Å². The van der Waals surface area contributed by atoms with Crippen LogP contribution in [0.25, 0.3) is 0 Å². The molecule has 1 rings (SSSR count). The van der Waals surface area contributed by atoms with Crippen molar-refractivity contribution in [1.29, 1.82) is 0 Å². The minimum atomic E-state index is 0.816. The summed E-state index contributed by atoms with van der Waals surface area (Å²) >= 11 is 0. The Morgan fingerprint density at radius 1 is 1.38 bits per heavy atom. The van der Waals surface area contributed by atoms with E-state index in [-0.39, 0.29) is 0 Å². The molecule has 1 aliphatic heterocycles. The van der Waals surface area contributed by atoms with Gasteiger partial charge >= 0.3 is 0 Å². The van der Waals surface area contributed by atoms with Gasteiger partial charge in [0, 0.05) is 7.11 Å². The standard InChI is InChI=1S/C6H7O2/c1-7-6-2-4-8-5-3-6/h2-5H,1H3. The zero-order valence-electron chi connectivity index (χ0n) is 4.63. The predicted molar refractivity (Wildman–Crippen MR) is 29.6 cm³/mol. The topological polar surface area (TPSA) is 18.5 Å². The molecule has 1 radical (unpaired) electrons. The number of hydrogen-bond acceptors (Lipinski definition) is 2. The van der Waals surface area contributed by atoms with E-state index >= 15 is 0 Å². The smallest absolute Gasteiger partial charge is 0.147 e. The van der Waals surface area contributed by atoms with Crippen LogP contribution < -0.4 is 0 Å². The van der Waals surface area contributed by atoms with E-state index in [9.17, 15) is 0 Å². The molecule has 0 fully saturated rings. The molecule has 0 aromatic carbocycles. The molecule has 0 atom stereocenters. The van der Waals surface area contributed by atoms with Gasteiger partial charge in [-0.1, -0.05) is 0 Å². The van der Waals surface area contributed by atoms with Crippen LogP contribution in [0.5, 0.6) is 0 Å². The average molecular weight is 111 g/mol. The zero-order valence-corrected chi connectivity index (χ0v) is 4.63. The van der Waals surface area contributed by atoms with Crippen LogP contribution in [0.2, 0.25) is 0 Å². The Balaban J connectivity index is 2.42. The van der Waals surface area contributed by atoms with Gasteiger partial charge in [-0.2, -0.15) is 0 Å². The number of rotatable bonds is 1. The van der Waals surface area contributed by atoms with Crippen LogP contribution >= 0.6 is 0 Å². The molecule has 0 saturated carbocycles. The molecular formula is C6H7O2. The molecule has 0 aromatic rings. The second kappa shape index (κ2) is 2.52. The van der Waals surface area contributed by atoms with Crippen molar-refractivity contribution >= 4 is 0 Å². The summed E-state index contributed by atoms with van der Waals surface area (Å²) in [5, 5.41) is 0. The van der Waals surface area contributed by atoms with E-state index in [1.807, 2.05) is 0 Å². The SMILES string of the molecule is CO[C]1C=COC=C1. The van der Waals surface area contributed by atoms with Crippen LogP contribution in [0.3, 0.4) is 0 Å². The maximum absolute atomic E-state index is 4.85. The summed E-state index contributed by atoms with van der Waals surface area (Å²) in [7, 11) is 1.62. The lowest BCUT2D eigenvalue weighted by Crippen LogP contribution is -1.94. The van der Waals surface area contributed by atoms with Crippen molar-refractivity contribution in [2.75, 3.05) is 7.11 Å². The maximum atomic E-state index is 4.85. The normalized spacial score (nSPS) is 18.6. The molecule has 0 spiro atoms. The monoisotopic (exact) mass is 111 g/mol. The van der Waals surface area contributed by atoms with Crippen molar-refractivity contribution in [2.45, 2.75) is 0 Å². The van der Waals surface area contributed by atoms with Gasteiger partial charge in [-0.3, -0.25) is 0 Å². The fourth-order valence-corrected chi connectivity index (χ4v) is 0.450. The summed E-state index contributed by atoms with van der Waals surface area (Å²) in [5.74, 6) is 0. The number of ether oxygens (including phenoxy) is 2. The first-order valence-corrected chi connectivity index (χ1v) is 2.33. The van der Waals surface area contributed by atoms with Crippen molar-refractivity contribution in [3.8, 4) is 0 Å². The molecule has 0 N–H and O–H groups in total. The number of hydrogen-bond donors (Lipinski definition) is 0. The lowest BCUT2D eigenvalue weighted by molar-refractivity contribution is 0.245. The van der Waals surface area contributed by atoms with Crippen molar-refractivity contribution in [1.82, 2.24) is 0 Å². The summed E-state index contributed by atoms with van der Waals surface area (Å²) in [6.07, 6.45) is 7.45. The zero-order chi connectivity index (χ0) is 5.82. The molecule has 8 heavy (non-hydrogen) atoms. The minimum absolute atomic E-state index is 0.816. The summed E-state index contributed by atoms with van der Waals surface area (Å²) in [4.78, 5) is 0. The van der Waals surface area contributed by atoms with Gasteiger partial charge in [-0.25, -0.2) is 0 Å². The quantitative estimate of drug-likeness (QED) is 0.506. The van der Waals surface area contributed by atoms with Crippen LogP contribution in [0.1, 0.15) is 0 Å². The molecule has 2 nitrogen and oxygen atoms in total. The highest BCUT2D eigenvalue weighted by atomic mass is 16.5. The van der Waals surface area contributed by atoms with Gasteiger partial charge in [0.1, 0.15) is 6.10 Å². The fraction of sp³-hybridized carbons (Fsp3) is 0.167. The van der Waals surface area contributed by atoms with Crippen molar-refractivity contribution < 1.29 is 9.47 Å². The molecule has 43 valence electrons. The van der Waals surface area contributed by atoms with Gasteiger partial charge in [0.25, 0.3) is 0 Å². The van der Waals surface area contributed by atoms with Crippen LogP contribution in [-0.2, 0) is 9.47 Å². The van der Waals surface area contributed by atoms with Crippen molar-refractivity contribution in [3.63, 3.8) is 0 Å². The Morgan fingerprint density at radius 2 is 2.00 bits per heavy atom. The molecular weight excluding hydrogens is 104 g/mol. The first-order chi connectivity index (χ1) is 3.93. The molecule has 1 heterocycles. The second-order valence-corrected chi connectivity index (χ2v) is 1.35. The van der Waals surface area contributed by atoms with Crippen LogP contribution in [0, 0.1) is 6.10 Å². The first-order valence-electron chi connectivity index (χ1n) is 2.33. The lowest BCUT2D eigenvalue weighted by atomic mass is 10.3.